The third kappa shape index (κ3) is 14.9. The minimum Gasteiger partial charge on any atom is -0.463 e. The van der Waals surface area contributed by atoms with Gasteiger partial charge in [-0.05, 0) is 31.2 Å². The van der Waals surface area contributed by atoms with E-state index in [0.717, 1.165) is 18.4 Å². The summed E-state index contributed by atoms with van der Waals surface area (Å²) in [5, 5.41) is 13.9. The van der Waals surface area contributed by atoms with Crippen molar-refractivity contribution in [2.75, 3.05) is 33.0 Å². The molecular weight excluding hydrogens is 492 g/mol. The molecule has 0 saturated carbocycles. The Balaban J connectivity index is 2.76. The highest BCUT2D eigenvalue weighted by molar-refractivity contribution is 5.89. The molecule has 1 aromatic carbocycles. The van der Waals surface area contributed by atoms with Crippen molar-refractivity contribution in [3.05, 3.63) is 61.2 Å². The first-order chi connectivity index (χ1) is 18.4. The first-order valence-corrected chi connectivity index (χ1v) is 12.7. The predicted molar refractivity (Wildman–Crippen MR) is 142 cm³/mol. The molecule has 0 saturated heterocycles. The lowest BCUT2D eigenvalue weighted by atomic mass is 9.99. The molecule has 0 unspecified atom stereocenters. The van der Waals surface area contributed by atoms with Gasteiger partial charge in [0.2, 0.25) is 11.8 Å². The lowest BCUT2D eigenvalue weighted by Gasteiger charge is -2.21. The molecule has 0 aliphatic rings. The maximum Gasteiger partial charge on any atom is 0.332 e. The number of ether oxygens (including phenoxy) is 3. The highest BCUT2D eigenvalue weighted by atomic mass is 16.6. The number of rotatable bonds is 21. The molecule has 0 aliphatic heterocycles. The number of benzene rings is 1. The van der Waals surface area contributed by atoms with Gasteiger partial charge in [0.15, 0.2) is 6.04 Å². The van der Waals surface area contributed by atoms with Crippen molar-refractivity contribution in [3.8, 4) is 0 Å². The van der Waals surface area contributed by atoms with Gasteiger partial charge >= 0.3 is 11.9 Å². The van der Waals surface area contributed by atoms with E-state index < -0.39 is 36.4 Å². The van der Waals surface area contributed by atoms with Gasteiger partial charge in [-0.25, -0.2) is 4.79 Å². The number of nitrogens with one attached hydrogen (secondary N) is 2. The predicted octanol–water partition coefficient (Wildman–Crippen LogP) is 2.21. The molecule has 0 radical (unpaired) electrons. The maximum atomic E-state index is 13.0. The number of hydrogen-bond donors (Lipinski definition) is 3. The van der Waals surface area contributed by atoms with E-state index in [4.69, 9.17) is 19.3 Å². The molecule has 0 aliphatic carbocycles. The van der Waals surface area contributed by atoms with Crippen LogP contribution in [-0.2, 0) is 40.0 Å². The molecule has 1 rings (SSSR count). The molecule has 2 amide bonds. The Morgan fingerprint density at radius 1 is 1.00 bits per heavy atom. The standard InChI is InChI=1S/C28H40N2O8/c1-3-5-6-10-14-26(33)37-21-24(28(35)38-20-22-12-8-7-9-13-22)30-27(34)23(11-4-2)19-25(32)29-15-17-36-18-16-31/h3-4,7-9,12-13,23-24,31H,1-2,5-6,10-11,14-21H2,(H,29,32)(H,30,34)/t23-,24-/m1/s1. The number of esters is 2. The van der Waals surface area contributed by atoms with E-state index in [-0.39, 0.29) is 58.1 Å². The minimum absolute atomic E-state index is 0.0155. The molecule has 10 heteroatoms. The van der Waals surface area contributed by atoms with Gasteiger partial charge in [0, 0.05) is 19.4 Å². The summed E-state index contributed by atoms with van der Waals surface area (Å²) in [6.07, 6.45) is 5.68. The molecule has 210 valence electrons. The molecular formula is C28H40N2O8. The SMILES string of the molecule is C=CCCCCC(=O)OC[C@@H](NC(=O)[C@H](CC=C)CC(=O)NCCOCCO)C(=O)OCc1ccccc1. The fourth-order valence-electron chi connectivity index (χ4n) is 3.30. The quantitative estimate of drug-likeness (QED) is 0.124. The molecule has 2 atom stereocenters. The van der Waals surface area contributed by atoms with Crippen LogP contribution in [0.5, 0.6) is 0 Å². The summed E-state index contributed by atoms with van der Waals surface area (Å²) in [4.78, 5) is 50.3. The van der Waals surface area contributed by atoms with E-state index in [1.165, 1.54) is 6.08 Å². The Bertz CT molecular complexity index is 875. The number of carbonyl (C=O) groups is 4. The van der Waals surface area contributed by atoms with Crippen LogP contribution in [0.2, 0.25) is 0 Å². The molecule has 0 aromatic heterocycles. The zero-order valence-electron chi connectivity index (χ0n) is 21.9. The van der Waals surface area contributed by atoms with Crippen molar-refractivity contribution in [1.29, 1.82) is 0 Å². The molecule has 10 nitrogen and oxygen atoms in total. The van der Waals surface area contributed by atoms with Gasteiger partial charge in [0.1, 0.15) is 13.2 Å². The Hall–Kier alpha value is -3.50. The lowest BCUT2D eigenvalue weighted by molar-refractivity contribution is -0.155. The van der Waals surface area contributed by atoms with Gasteiger partial charge < -0.3 is 30.0 Å². The first-order valence-electron chi connectivity index (χ1n) is 12.7. The summed E-state index contributed by atoms with van der Waals surface area (Å²) in [6.45, 7) is 7.36. The van der Waals surface area contributed by atoms with E-state index in [2.05, 4.69) is 23.8 Å². The molecule has 0 heterocycles. The average molecular weight is 533 g/mol. The van der Waals surface area contributed by atoms with Crippen LogP contribution in [0.15, 0.2) is 55.6 Å². The average Bonchev–Trinajstić information content (AvgIpc) is 2.92. The van der Waals surface area contributed by atoms with Crippen molar-refractivity contribution in [1.82, 2.24) is 10.6 Å². The monoisotopic (exact) mass is 532 g/mol. The number of carbonyl (C=O) groups excluding carboxylic acids is 4. The molecule has 3 N–H and O–H groups in total. The van der Waals surface area contributed by atoms with Gasteiger partial charge in [0.05, 0.1) is 25.7 Å². The third-order valence-corrected chi connectivity index (χ3v) is 5.33. The number of aliphatic hydroxyl groups excluding tert-OH is 1. The lowest BCUT2D eigenvalue weighted by Crippen LogP contribution is -2.48. The summed E-state index contributed by atoms with van der Waals surface area (Å²) >= 11 is 0. The third-order valence-electron chi connectivity index (χ3n) is 5.33. The Morgan fingerprint density at radius 2 is 1.76 bits per heavy atom. The topological polar surface area (TPSA) is 140 Å². The van der Waals surface area contributed by atoms with Crippen LogP contribution in [0.25, 0.3) is 0 Å². The van der Waals surface area contributed by atoms with E-state index in [1.54, 1.807) is 30.3 Å². The highest BCUT2D eigenvalue weighted by Crippen LogP contribution is 2.12. The number of unbranched alkanes of at least 4 members (excludes halogenated alkanes) is 2. The molecule has 0 fully saturated rings. The Morgan fingerprint density at radius 3 is 2.45 bits per heavy atom. The van der Waals surface area contributed by atoms with Crippen LogP contribution in [0.4, 0.5) is 0 Å². The molecule has 38 heavy (non-hydrogen) atoms. The van der Waals surface area contributed by atoms with Gasteiger partial charge in [-0.3, -0.25) is 14.4 Å². The summed E-state index contributed by atoms with van der Waals surface area (Å²) in [7, 11) is 0. The van der Waals surface area contributed by atoms with E-state index in [1.807, 2.05) is 6.07 Å². The number of hydrogen-bond acceptors (Lipinski definition) is 8. The van der Waals surface area contributed by atoms with Crippen molar-refractivity contribution in [2.45, 2.75) is 51.2 Å². The van der Waals surface area contributed by atoms with Crippen molar-refractivity contribution in [3.63, 3.8) is 0 Å². The van der Waals surface area contributed by atoms with Gasteiger partial charge in [-0.2, -0.15) is 0 Å². The fourth-order valence-corrected chi connectivity index (χ4v) is 3.30. The largest absolute Gasteiger partial charge is 0.463 e. The second kappa shape index (κ2) is 20.5. The number of aliphatic hydroxyl groups is 1. The van der Waals surface area contributed by atoms with E-state index in [9.17, 15) is 19.2 Å². The summed E-state index contributed by atoms with van der Waals surface area (Å²) in [5.74, 6) is -3.00. The summed E-state index contributed by atoms with van der Waals surface area (Å²) < 4.78 is 15.7. The van der Waals surface area contributed by atoms with Gasteiger partial charge in [-0.1, -0.05) is 42.5 Å². The zero-order chi connectivity index (χ0) is 28.0. The number of amides is 2. The Kier molecular flexibility index (Phi) is 17.6. The number of allylic oxidation sites excluding steroid dienone is 2. The van der Waals surface area contributed by atoms with Crippen LogP contribution in [0.3, 0.4) is 0 Å². The fraction of sp³-hybridized carbons (Fsp3) is 0.500. The summed E-state index contributed by atoms with van der Waals surface area (Å²) in [5.41, 5.74) is 0.759. The van der Waals surface area contributed by atoms with Crippen molar-refractivity contribution in [2.24, 2.45) is 5.92 Å². The molecule has 0 bridgehead atoms. The maximum absolute atomic E-state index is 13.0. The molecule has 0 spiro atoms. The van der Waals surface area contributed by atoms with Gasteiger partial charge in [0.25, 0.3) is 0 Å². The van der Waals surface area contributed by atoms with E-state index >= 15 is 0 Å². The zero-order valence-corrected chi connectivity index (χ0v) is 21.9. The minimum atomic E-state index is -1.24. The van der Waals surface area contributed by atoms with Crippen LogP contribution in [0, 0.1) is 5.92 Å². The Labute approximate surface area is 224 Å². The van der Waals surface area contributed by atoms with Crippen LogP contribution in [0.1, 0.15) is 44.1 Å². The van der Waals surface area contributed by atoms with Crippen LogP contribution in [-0.4, -0.2) is 67.9 Å². The first kappa shape index (κ1) is 32.5. The smallest absolute Gasteiger partial charge is 0.332 e. The highest BCUT2D eigenvalue weighted by Gasteiger charge is 2.29. The summed E-state index contributed by atoms with van der Waals surface area (Å²) in [6, 6.07) is 7.78. The van der Waals surface area contributed by atoms with Crippen molar-refractivity contribution < 1.29 is 38.5 Å². The second-order valence-corrected chi connectivity index (χ2v) is 8.48. The van der Waals surface area contributed by atoms with Gasteiger partial charge in [-0.15, -0.1) is 13.2 Å². The van der Waals surface area contributed by atoms with E-state index in [0.29, 0.717) is 6.42 Å². The normalized spacial score (nSPS) is 12.0. The second-order valence-electron chi connectivity index (χ2n) is 8.48. The van der Waals surface area contributed by atoms with Crippen molar-refractivity contribution >= 4 is 23.8 Å². The molecule has 1 aromatic rings. The van der Waals surface area contributed by atoms with Crippen LogP contribution >= 0.6 is 0 Å². The van der Waals surface area contributed by atoms with Crippen LogP contribution < -0.4 is 10.6 Å².